The highest BCUT2D eigenvalue weighted by Gasteiger charge is 2.25. The molecule has 0 aliphatic carbocycles. The average Bonchev–Trinajstić information content (AvgIpc) is 2.65. The van der Waals surface area contributed by atoms with Crippen molar-refractivity contribution in [1.29, 1.82) is 0 Å². The van der Waals surface area contributed by atoms with Crippen molar-refractivity contribution in [2.45, 2.75) is 51.7 Å². The number of nitrogens with zero attached hydrogens (tertiary/aromatic N) is 2. The van der Waals surface area contributed by atoms with E-state index in [1.165, 1.54) is 18.1 Å². The highest BCUT2D eigenvalue weighted by atomic mass is 16.2. The van der Waals surface area contributed by atoms with Crippen LogP contribution >= 0.6 is 0 Å². The Kier molecular flexibility index (Phi) is 6.14. The Hall–Kier alpha value is -2.08. The van der Waals surface area contributed by atoms with Crippen molar-refractivity contribution < 1.29 is 9.59 Å². The van der Waals surface area contributed by atoms with Gasteiger partial charge in [0, 0.05) is 51.7 Å². The SMILES string of the molecule is CC(=O)NC1CCCN(C(=O)NCC(C)N2CCc3ccccc3C2)C1. The highest BCUT2D eigenvalue weighted by molar-refractivity contribution is 5.75. The molecule has 2 aliphatic rings. The Morgan fingerprint density at radius 1 is 1.23 bits per heavy atom. The topological polar surface area (TPSA) is 64.7 Å². The van der Waals surface area contributed by atoms with E-state index in [4.69, 9.17) is 0 Å². The molecule has 1 saturated heterocycles. The van der Waals surface area contributed by atoms with Crippen LogP contribution in [0.4, 0.5) is 4.79 Å². The van der Waals surface area contributed by atoms with E-state index < -0.39 is 0 Å². The maximum Gasteiger partial charge on any atom is 0.317 e. The maximum absolute atomic E-state index is 12.5. The number of nitrogens with one attached hydrogen (secondary N) is 2. The molecule has 2 aliphatic heterocycles. The van der Waals surface area contributed by atoms with Crippen molar-refractivity contribution in [3.8, 4) is 0 Å². The van der Waals surface area contributed by atoms with Gasteiger partial charge in [-0.2, -0.15) is 0 Å². The van der Waals surface area contributed by atoms with E-state index in [2.05, 4.69) is 46.7 Å². The van der Waals surface area contributed by atoms with Gasteiger partial charge in [-0.1, -0.05) is 24.3 Å². The third kappa shape index (κ3) is 4.75. The zero-order valence-electron chi connectivity index (χ0n) is 15.8. The van der Waals surface area contributed by atoms with Crippen LogP contribution in [0, 0.1) is 0 Å². The van der Waals surface area contributed by atoms with Crippen LogP contribution in [-0.2, 0) is 17.8 Å². The summed E-state index contributed by atoms with van der Waals surface area (Å²) < 4.78 is 0. The second kappa shape index (κ2) is 8.54. The van der Waals surface area contributed by atoms with Crippen LogP contribution in [0.1, 0.15) is 37.8 Å². The van der Waals surface area contributed by atoms with Crippen LogP contribution in [-0.4, -0.2) is 60.0 Å². The van der Waals surface area contributed by atoms with Gasteiger partial charge in [-0.25, -0.2) is 4.79 Å². The van der Waals surface area contributed by atoms with Gasteiger partial charge in [-0.3, -0.25) is 9.69 Å². The fourth-order valence-electron chi connectivity index (χ4n) is 3.94. The third-order valence-corrected chi connectivity index (χ3v) is 5.45. The second-order valence-electron chi connectivity index (χ2n) is 7.51. The van der Waals surface area contributed by atoms with Gasteiger partial charge in [0.25, 0.3) is 0 Å². The standard InChI is InChI=1S/C20H30N4O2/c1-15(23-11-9-17-6-3-4-7-18(17)13-23)12-21-20(26)24-10-5-8-19(14-24)22-16(2)25/h3-4,6-7,15,19H,5,8-14H2,1-2H3,(H,21,26)(H,22,25). The van der Waals surface area contributed by atoms with E-state index in [1.54, 1.807) is 0 Å². The quantitative estimate of drug-likeness (QED) is 0.862. The lowest BCUT2D eigenvalue weighted by molar-refractivity contribution is -0.119. The molecule has 2 heterocycles. The number of fused-ring (bicyclic) bond motifs is 1. The smallest absolute Gasteiger partial charge is 0.317 e. The predicted octanol–water partition coefficient (Wildman–Crippen LogP) is 1.74. The van der Waals surface area contributed by atoms with Gasteiger partial charge in [0.15, 0.2) is 0 Å². The maximum atomic E-state index is 12.5. The molecule has 6 nitrogen and oxygen atoms in total. The molecule has 1 aromatic rings. The molecule has 0 saturated carbocycles. The summed E-state index contributed by atoms with van der Waals surface area (Å²) in [7, 11) is 0. The monoisotopic (exact) mass is 358 g/mol. The largest absolute Gasteiger partial charge is 0.352 e. The van der Waals surface area contributed by atoms with Crippen molar-refractivity contribution in [3.05, 3.63) is 35.4 Å². The molecule has 6 heteroatoms. The van der Waals surface area contributed by atoms with E-state index >= 15 is 0 Å². The van der Waals surface area contributed by atoms with E-state index in [9.17, 15) is 9.59 Å². The Balaban J connectivity index is 1.46. The normalized spacial score (nSPS) is 21.6. The van der Waals surface area contributed by atoms with Gasteiger partial charge < -0.3 is 15.5 Å². The number of hydrogen-bond acceptors (Lipinski definition) is 3. The molecule has 2 N–H and O–H groups in total. The van der Waals surface area contributed by atoms with Crippen molar-refractivity contribution in [2.24, 2.45) is 0 Å². The number of urea groups is 1. The summed E-state index contributed by atoms with van der Waals surface area (Å²) in [6, 6.07) is 8.95. The van der Waals surface area contributed by atoms with Crippen molar-refractivity contribution in [1.82, 2.24) is 20.4 Å². The first kappa shape index (κ1) is 18.7. The lowest BCUT2D eigenvalue weighted by atomic mass is 9.99. The molecular formula is C20H30N4O2. The number of piperidine rings is 1. The molecular weight excluding hydrogens is 328 g/mol. The number of amides is 3. The molecule has 1 aromatic carbocycles. The van der Waals surface area contributed by atoms with Crippen LogP contribution in [0.25, 0.3) is 0 Å². The summed E-state index contributed by atoms with van der Waals surface area (Å²) in [6.07, 6.45) is 2.93. The van der Waals surface area contributed by atoms with Crippen molar-refractivity contribution >= 4 is 11.9 Å². The van der Waals surface area contributed by atoms with Crippen molar-refractivity contribution in [2.75, 3.05) is 26.2 Å². The number of rotatable bonds is 4. The van der Waals surface area contributed by atoms with Crippen LogP contribution in [0.5, 0.6) is 0 Å². The lowest BCUT2D eigenvalue weighted by Gasteiger charge is -2.35. The van der Waals surface area contributed by atoms with Gasteiger partial charge in [0.05, 0.1) is 0 Å². The van der Waals surface area contributed by atoms with Crippen LogP contribution in [0.15, 0.2) is 24.3 Å². The van der Waals surface area contributed by atoms with Crippen LogP contribution < -0.4 is 10.6 Å². The Morgan fingerprint density at radius 3 is 2.77 bits per heavy atom. The minimum absolute atomic E-state index is 0.0238. The molecule has 0 bridgehead atoms. The number of carbonyl (C=O) groups excluding carboxylic acids is 2. The summed E-state index contributed by atoms with van der Waals surface area (Å²) in [5.41, 5.74) is 2.84. The Labute approximate surface area is 155 Å². The summed E-state index contributed by atoms with van der Waals surface area (Å²) in [6.45, 7) is 7.67. The second-order valence-corrected chi connectivity index (χ2v) is 7.51. The van der Waals surface area contributed by atoms with Crippen LogP contribution in [0.3, 0.4) is 0 Å². The van der Waals surface area contributed by atoms with E-state index in [1.807, 2.05) is 4.90 Å². The van der Waals surface area contributed by atoms with Gasteiger partial charge >= 0.3 is 6.03 Å². The molecule has 2 atom stereocenters. The summed E-state index contributed by atoms with van der Waals surface area (Å²) in [4.78, 5) is 28.0. The number of hydrogen-bond donors (Lipinski definition) is 2. The van der Waals surface area contributed by atoms with E-state index in [0.717, 1.165) is 38.9 Å². The van der Waals surface area contributed by atoms with E-state index in [0.29, 0.717) is 19.1 Å². The molecule has 0 spiro atoms. The molecule has 142 valence electrons. The fraction of sp³-hybridized carbons (Fsp3) is 0.600. The number of likely N-dealkylation sites (tertiary alicyclic amines) is 1. The third-order valence-electron chi connectivity index (χ3n) is 5.45. The summed E-state index contributed by atoms with van der Waals surface area (Å²) in [5.74, 6) is -0.0312. The molecule has 2 unspecified atom stereocenters. The molecule has 3 rings (SSSR count). The molecule has 1 fully saturated rings. The van der Waals surface area contributed by atoms with Gasteiger partial charge in [-0.05, 0) is 37.3 Å². The zero-order chi connectivity index (χ0) is 18.5. The minimum atomic E-state index is -0.0312. The van der Waals surface area contributed by atoms with Gasteiger partial charge in [-0.15, -0.1) is 0 Å². The molecule has 0 aromatic heterocycles. The highest BCUT2D eigenvalue weighted by Crippen LogP contribution is 2.20. The number of benzene rings is 1. The molecule has 3 amide bonds. The Bertz CT molecular complexity index is 648. The van der Waals surface area contributed by atoms with Crippen molar-refractivity contribution in [3.63, 3.8) is 0 Å². The summed E-state index contributed by atoms with van der Waals surface area (Å²) in [5, 5.41) is 6.00. The number of carbonyl (C=O) groups is 2. The van der Waals surface area contributed by atoms with Gasteiger partial charge in [0.2, 0.25) is 5.91 Å². The minimum Gasteiger partial charge on any atom is -0.352 e. The first-order valence-corrected chi connectivity index (χ1v) is 9.63. The zero-order valence-corrected chi connectivity index (χ0v) is 15.8. The van der Waals surface area contributed by atoms with Gasteiger partial charge in [0.1, 0.15) is 0 Å². The predicted molar refractivity (Wildman–Crippen MR) is 102 cm³/mol. The van der Waals surface area contributed by atoms with E-state index in [-0.39, 0.29) is 18.0 Å². The summed E-state index contributed by atoms with van der Waals surface area (Å²) >= 11 is 0. The van der Waals surface area contributed by atoms with Crippen LogP contribution in [0.2, 0.25) is 0 Å². The first-order chi connectivity index (χ1) is 12.5. The Morgan fingerprint density at radius 2 is 2.00 bits per heavy atom. The molecule has 0 radical (unpaired) electrons. The lowest BCUT2D eigenvalue weighted by Crippen LogP contribution is -2.53. The first-order valence-electron chi connectivity index (χ1n) is 9.63. The fourth-order valence-corrected chi connectivity index (χ4v) is 3.94. The average molecular weight is 358 g/mol. The molecule has 26 heavy (non-hydrogen) atoms.